The maximum absolute atomic E-state index is 13.1. The van der Waals surface area contributed by atoms with E-state index >= 15 is 0 Å². The van der Waals surface area contributed by atoms with E-state index in [-0.39, 0.29) is 5.91 Å². The van der Waals surface area contributed by atoms with Crippen LogP contribution in [0.15, 0.2) is 53.6 Å². The summed E-state index contributed by atoms with van der Waals surface area (Å²) in [5, 5.41) is 3.09. The number of para-hydroxylation sites is 1. The van der Waals surface area contributed by atoms with E-state index in [1.165, 1.54) is 75.5 Å². The van der Waals surface area contributed by atoms with Gasteiger partial charge in [0.1, 0.15) is 0 Å². The van der Waals surface area contributed by atoms with Gasteiger partial charge in [0, 0.05) is 24.0 Å². The Kier molecular flexibility index (Phi) is 14.2. The maximum Gasteiger partial charge on any atom is 0.255 e. The number of amides is 1. The van der Waals surface area contributed by atoms with Gasteiger partial charge in [-0.3, -0.25) is 4.79 Å². The first-order chi connectivity index (χ1) is 19.1. The Balaban J connectivity index is 1.38. The Hall–Kier alpha value is -2.60. The molecule has 0 aliphatic carbocycles. The summed E-state index contributed by atoms with van der Waals surface area (Å²) >= 11 is 1.84. The topological polar surface area (TPSA) is 50.8 Å². The standard InChI is InChI=1S/C33H48N2O3S/c1-4-5-6-7-8-9-10-11-12-13-14-17-22-38-31-21-20-28(23-32(31)37-3)33(36)34-30-19-16-15-18-29(30)25-35-24-27(2)39-26-35/h15-16,18-21,23-24H,4-14,17,22,25-26H2,1-3H3,(H,34,36). The highest BCUT2D eigenvalue weighted by Gasteiger charge is 2.15. The number of carbonyl (C=O) groups excluding carboxylic acids is 1. The van der Waals surface area contributed by atoms with Crippen molar-refractivity contribution in [1.82, 2.24) is 4.90 Å². The van der Waals surface area contributed by atoms with Crippen molar-refractivity contribution < 1.29 is 14.3 Å². The number of rotatable bonds is 19. The summed E-state index contributed by atoms with van der Waals surface area (Å²) in [6.45, 7) is 5.82. The second-order valence-electron chi connectivity index (χ2n) is 10.5. The van der Waals surface area contributed by atoms with Crippen LogP contribution >= 0.6 is 11.8 Å². The zero-order valence-electron chi connectivity index (χ0n) is 24.3. The van der Waals surface area contributed by atoms with Crippen molar-refractivity contribution >= 4 is 23.4 Å². The van der Waals surface area contributed by atoms with Crippen LogP contribution in [0.25, 0.3) is 0 Å². The van der Waals surface area contributed by atoms with Crippen molar-refractivity contribution in [2.24, 2.45) is 0 Å². The lowest BCUT2D eigenvalue weighted by Crippen LogP contribution is -2.17. The predicted octanol–water partition coefficient (Wildman–Crippen LogP) is 9.39. The van der Waals surface area contributed by atoms with Crippen molar-refractivity contribution in [2.75, 3.05) is 24.9 Å². The Morgan fingerprint density at radius 3 is 2.21 bits per heavy atom. The highest BCUT2D eigenvalue weighted by atomic mass is 32.2. The van der Waals surface area contributed by atoms with Gasteiger partial charge in [-0.2, -0.15) is 0 Å². The second-order valence-corrected chi connectivity index (χ2v) is 11.7. The minimum atomic E-state index is -0.157. The number of unbranched alkanes of at least 4 members (excludes halogenated alkanes) is 11. The monoisotopic (exact) mass is 552 g/mol. The minimum Gasteiger partial charge on any atom is -0.493 e. The molecule has 2 aromatic carbocycles. The van der Waals surface area contributed by atoms with Gasteiger partial charge in [-0.15, -0.1) is 11.8 Å². The van der Waals surface area contributed by atoms with E-state index in [1.807, 2.05) is 36.0 Å². The molecule has 0 aromatic heterocycles. The summed E-state index contributed by atoms with van der Waals surface area (Å²) in [7, 11) is 1.62. The van der Waals surface area contributed by atoms with Crippen LogP contribution in [0.5, 0.6) is 11.5 Å². The van der Waals surface area contributed by atoms with Gasteiger partial charge in [-0.25, -0.2) is 0 Å². The SMILES string of the molecule is CCCCCCCCCCCCCCOc1ccc(C(=O)Nc2ccccc2CN2C=C(C)SC2)cc1OC. The Morgan fingerprint density at radius 1 is 0.897 bits per heavy atom. The number of carbonyl (C=O) groups is 1. The summed E-state index contributed by atoms with van der Waals surface area (Å²) < 4.78 is 11.6. The highest BCUT2D eigenvalue weighted by molar-refractivity contribution is 8.03. The molecule has 0 radical (unpaired) electrons. The summed E-state index contributed by atoms with van der Waals surface area (Å²) in [5.74, 6) is 2.05. The van der Waals surface area contributed by atoms with Crippen LogP contribution in [0.4, 0.5) is 5.69 Å². The van der Waals surface area contributed by atoms with Crippen molar-refractivity contribution in [2.45, 2.75) is 97.4 Å². The number of thioether (sulfide) groups is 1. The number of hydrogen-bond donors (Lipinski definition) is 1. The molecule has 0 unspecified atom stereocenters. The lowest BCUT2D eigenvalue weighted by atomic mass is 10.1. The molecule has 1 aliphatic heterocycles. The zero-order valence-corrected chi connectivity index (χ0v) is 25.1. The number of nitrogens with zero attached hydrogens (tertiary/aromatic N) is 1. The van der Waals surface area contributed by atoms with Crippen LogP contribution in [0, 0.1) is 0 Å². The Labute approximate surface area is 240 Å². The van der Waals surface area contributed by atoms with E-state index in [0.717, 1.165) is 30.1 Å². The number of allylic oxidation sites excluding steroid dienone is 1. The molecule has 1 aliphatic rings. The molecule has 1 N–H and O–H groups in total. The summed E-state index contributed by atoms with van der Waals surface area (Å²) in [4.78, 5) is 16.7. The van der Waals surface area contributed by atoms with Crippen LogP contribution < -0.4 is 14.8 Å². The molecular formula is C33H48N2O3S. The third-order valence-corrected chi connectivity index (χ3v) is 8.16. The van der Waals surface area contributed by atoms with Crippen LogP contribution in [-0.2, 0) is 6.54 Å². The van der Waals surface area contributed by atoms with Gasteiger partial charge >= 0.3 is 0 Å². The lowest BCUT2D eigenvalue weighted by Gasteiger charge is -2.18. The van der Waals surface area contributed by atoms with E-state index in [0.29, 0.717) is 23.7 Å². The fraction of sp³-hybridized carbons (Fsp3) is 0.545. The molecule has 1 amide bonds. The van der Waals surface area contributed by atoms with Gasteiger partial charge in [0.15, 0.2) is 11.5 Å². The van der Waals surface area contributed by atoms with Crippen molar-refractivity contribution in [3.63, 3.8) is 0 Å². The van der Waals surface area contributed by atoms with Crippen LogP contribution in [0.2, 0.25) is 0 Å². The molecular weight excluding hydrogens is 504 g/mol. The number of benzene rings is 2. The highest BCUT2D eigenvalue weighted by Crippen LogP contribution is 2.30. The molecule has 2 aromatic rings. The molecule has 0 bridgehead atoms. The van der Waals surface area contributed by atoms with E-state index < -0.39 is 0 Å². The molecule has 39 heavy (non-hydrogen) atoms. The molecule has 0 fully saturated rings. The number of methoxy groups -OCH3 is 1. The number of hydrogen-bond acceptors (Lipinski definition) is 5. The molecule has 0 spiro atoms. The van der Waals surface area contributed by atoms with Crippen LogP contribution in [0.3, 0.4) is 0 Å². The molecule has 3 rings (SSSR count). The summed E-state index contributed by atoms with van der Waals surface area (Å²) in [6.07, 6.45) is 18.0. The largest absolute Gasteiger partial charge is 0.493 e. The van der Waals surface area contributed by atoms with E-state index in [9.17, 15) is 4.79 Å². The normalized spacial score (nSPS) is 12.9. The molecule has 0 saturated carbocycles. The van der Waals surface area contributed by atoms with Crippen LogP contribution in [0.1, 0.15) is 107 Å². The summed E-state index contributed by atoms with van der Waals surface area (Å²) in [6, 6.07) is 13.4. The molecule has 5 nitrogen and oxygen atoms in total. The summed E-state index contributed by atoms with van der Waals surface area (Å²) in [5.41, 5.74) is 2.47. The quantitative estimate of drug-likeness (QED) is 0.176. The minimum absolute atomic E-state index is 0.157. The first-order valence-corrected chi connectivity index (χ1v) is 15.8. The van der Waals surface area contributed by atoms with Gasteiger partial charge in [-0.05, 0) is 48.1 Å². The molecule has 1 heterocycles. The smallest absolute Gasteiger partial charge is 0.255 e. The van der Waals surface area contributed by atoms with Gasteiger partial charge in [0.05, 0.1) is 19.6 Å². The zero-order chi connectivity index (χ0) is 27.7. The Bertz CT molecular complexity index is 1040. The first kappa shape index (κ1) is 30.9. The van der Waals surface area contributed by atoms with Gasteiger partial charge in [0.2, 0.25) is 0 Å². The fourth-order valence-corrected chi connectivity index (χ4v) is 5.61. The first-order valence-electron chi connectivity index (χ1n) is 14.9. The van der Waals surface area contributed by atoms with Crippen molar-refractivity contribution in [3.8, 4) is 11.5 Å². The number of nitrogens with one attached hydrogen (secondary N) is 1. The molecule has 6 heteroatoms. The van der Waals surface area contributed by atoms with Gasteiger partial charge in [0.25, 0.3) is 5.91 Å². The maximum atomic E-state index is 13.1. The fourth-order valence-electron chi connectivity index (χ4n) is 4.85. The average molecular weight is 553 g/mol. The molecule has 214 valence electrons. The van der Waals surface area contributed by atoms with Crippen LogP contribution in [-0.4, -0.2) is 30.4 Å². The van der Waals surface area contributed by atoms with Crippen molar-refractivity contribution in [3.05, 3.63) is 64.7 Å². The van der Waals surface area contributed by atoms with Crippen molar-refractivity contribution in [1.29, 1.82) is 0 Å². The second kappa shape index (κ2) is 17.9. The van der Waals surface area contributed by atoms with Gasteiger partial charge in [-0.1, -0.05) is 95.8 Å². The molecule has 0 saturated heterocycles. The van der Waals surface area contributed by atoms with E-state index in [2.05, 4.69) is 36.3 Å². The third-order valence-electron chi connectivity index (χ3n) is 7.14. The predicted molar refractivity (Wildman–Crippen MR) is 166 cm³/mol. The number of ether oxygens (including phenoxy) is 2. The van der Waals surface area contributed by atoms with E-state index in [1.54, 1.807) is 19.2 Å². The molecule has 0 atom stereocenters. The van der Waals surface area contributed by atoms with Gasteiger partial charge < -0.3 is 19.7 Å². The Morgan fingerprint density at radius 2 is 1.56 bits per heavy atom. The lowest BCUT2D eigenvalue weighted by molar-refractivity contribution is 0.102. The van der Waals surface area contributed by atoms with E-state index in [4.69, 9.17) is 9.47 Å². The average Bonchev–Trinajstić information content (AvgIpc) is 3.36. The third kappa shape index (κ3) is 11.2. The number of anilines is 1.